The zero-order chi connectivity index (χ0) is 23.3. The number of benzene rings is 1. The van der Waals surface area contributed by atoms with Gasteiger partial charge in [0.25, 0.3) is 0 Å². The van der Waals surface area contributed by atoms with Gasteiger partial charge in [0, 0.05) is 19.0 Å². The number of amides is 1. The van der Waals surface area contributed by atoms with E-state index in [1.807, 2.05) is 0 Å². The molecule has 1 aromatic rings. The largest absolute Gasteiger partial charge is 0.497 e. The summed E-state index contributed by atoms with van der Waals surface area (Å²) < 4.78 is 33.5. The van der Waals surface area contributed by atoms with Gasteiger partial charge in [-0.15, -0.1) is 0 Å². The van der Waals surface area contributed by atoms with Gasteiger partial charge in [0.2, 0.25) is 15.9 Å². The molecule has 2 aliphatic carbocycles. The average Bonchev–Trinajstić information content (AvgIpc) is 3.26. The molecule has 1 aromatic carbocycles. The summed E-state index contributed by atoms with van der Waals surface area (Å²) in [5.41, 5.74) is 1.19. The minimum absolute atomic E-state index is 0.108. The van der Waals surface area contributed by atoms with Crippen LogP contribution in [-0.2, 0) is 14.8 Å². The third-order valence-corrected chi connectivity index (χ3v) is 8.55. The maximum Gasteiger partial charge on any atom is 0.240 e. The summed E-state index contributed by atoms with van der Waals surface area (Å²) in [6.07, 6.45) is 8.22. The van der Waals surface area contributed by atoms with Crippen LogP contribution in [0.3, 0.4) is 0 Å². The molecule has 3 unspecified atom stereocenters. The zero-order valence-electron chi connectivity index (χ0n) is 19.8. The summed E-state index contributed by atoms with van der Waals surface area (Å²) in [6.45, 7) is 6.80. The molecule has 0 saturated heterocycles. The summed E-state index contributed by atoms with van der Waals surface area (Å²) >= 11 is 0. The van der Waals surface area contributed by atoms with Crippen molar-refractivity contribution >= 4 is 15.9 Å². The smallest absolute Gasteiger partial charge is 0.240 e. The highest BCUT2D eigenvalue weighted by Gasteiger charge is 2.33. The van der Waals surface area contributed by atoms with E-state index in [9.17, 15) is 13.2 Å². The van der Waals surface area contributed by atoms with Crippen molar-refractivity contribution in [1.29, 1.82) is 0 Å². The zero-order valence-corrected chi connectivity index (χ0v) is 20.6. The molecule has 0 spiro atoms. The molecule has 0 aliphatic heterocycles. The molecule has 3 rings (SSSR count). The van der Waals surface area contributed by atoms with Gasteiger partial charge in [-0.05, 0) is 74.1 Å². The quantitative estimate of drug-likeness (QED) is 0.537. The van der Waals surface area contributed by atoms with E-state index in [4.69, 9.17) is 4.74 Å². The van der Waals surface area contributed by atoms with Crippen molar-refractivity contribution in [2.24, 2.45) is 23.7 Å². The maximum atomic E-state index is 12.8. The summed E-state index contributed by atoms with van der Waals surface area (Å²) in [6, 6.07) is 6.76. The number of ether oxygens (including phenoxy) is 1. The van der Waals surface area contributed by atoms with Gasteiger partial charge < -0.3 is 10.1 Å². The lowest BCUT2D eigenvalue weighted by atomic mass is 9.70. The summed E-state index contributed by atoms with van der Waals surface area (Å²) in [4.78, 5) is 12.8. The Morgan fingerprint density at radius 1 is 1.16 bits per heavy atom. The van der Waals surface area contributed by atoms with E-state index in [-0.39, 0.29) is 22.6 Å². The third kappa shape index (κ3) is 6.35. The molecule has 0 bridgehead atoms. The molecule has 1 fully saturated rings. The number of methoxy groups -OCH3 is 1. The van der Waals surface area contributed by atoms with Crippen molar-refractivity contribution in [3.05, 3.63) is 35.9 Å². The number of carbonyl (C=O) groups is 1. The fraction of sp³-hybridized carbons (Fsp3) is 0.640. The molecule has 178 valence electrons. The molecule has 2 N–H and O–H groups in total. The lowest BCUT2D eigenvalue weighted by Gasteiger charge is -2.37. The van der Waals surface area contributed by atoms with Crippen molar-refractivity contribution in [1.82, 2.24) is 10.0 Å². The SMILES string of the molecule is COc1ccc(S(=O)(=O)NCC2C=C(C)C(CC(=O)NC3CCCC3)CC2C(C)C)cc1. The maximum absolute atomic E-state index is 12.8. The average molecular weight is 463 g/mol. The second kappa shape index (κ2) is 10.8. The van der Waals surface area contributed by atoms with Crippen molar-refractivity contribution in [3.63, 3.8) is 0 Å². The predicted molar refractivity (Wildman–Crippen MR) is 127 cm³/mol. The van der Waals surface area contributed by atoms with Gasteiger partial charge in [-0.2, -0.15) is 0 Å². The molecule has 2 aliphatic rings. The fourth-order valence-corrected chi connectivity index (χ4v) is 6.21. The summed E-state index contributed by atoms with van der Waals surface area (Å²) in [5, 5.41) is 3.21. The molecule has 1 amide bonds. The van der Waals surface area contributed by atoms with E-state index >= 15 is 0 Å². The van der Waals surface area contributed by atoms with Crippen molar-refractivity contribution in [2.45, 2.75) is 70.2 Å². The number of sulfonamides is 1. The lowest BCUT2D eigenvalue weighted by molar-refractivity contribution is -0.122. The highest BCUT2D eigenvalue weighted by molar-refractivity contribution is 7.89. The molecule has 7 heteroatoms. The number of hydrogen-bond acceptors (Lipinski definition) is 4. The molecular weight excluding hydrogens is 424 g/mol. The highest BCUT2D eigenvalue weighted by Crippen LogP contribution is 2.39. The van der Waals surface area contributed by atoms with E-state index in [2.05, 4.69) is 36.9 Å². The number of rotatable bonds is 9. The van der Waals surface area contributed by atoms with Crippen LogP contribution in [0.5, 0.6) is 5.75 Å². The molecule has 3 atom stereocenters. The fourth-order valence-electron chi connectivity index (χ4n) is 5.13. The Bertz CT molecular complexity index is 902. The Morgan fingerprint density at radius 3 is 2.41 bits per heavy atom. The van der Waals surface area contributed by atoms with Crippen LogP contribution >= 0.6 is 0 Å². The first-order chi connectivity index (χ1) is 15.2. The second-order valence-corrected chi connectivity index (χ2v) is 11.5. The van der Waals surface area contributed by atoms with Crippen LogP contribution in [0.1, 0.15) is 59.3 Å². The van der Waals surface area contributed by atoms with Crippen LogP contribution < -0.4 is 14.8 Å². The molecule has 0 heterocycles. The normalized spacial score (nSPS) is 24.4. The molecule has 1 saturated carbocycles. The number of carbonyl (C=O) groups excluding carboxylic acids is 1. The number of nitrogens with one attached hydrogen (secondary N) is 2. The summed E-state index contributed by atoms with van der Waals surface area (Å²) in [7, 11) is -2.04. The number of allylic oxidation sites excluding steroid dienone is 1. The predicted octanol–water partition coefficient (Wildman–Crippen LogP) is 4.28. The van der Waals surface area contributed by atoms with Crippen molar-refractivity contribution in [3.8, 4) is 5.75 Å². The van der Waals surface area contributed by atoms with Gasteiger partial charge in [-0.1, -0.05) is 38.3 Å². The molecule has 6 nitrogen and oxygen atoms in total. The van der Waals surface area contributed by atoms with E-state index in [1.54, 1.807) is 31.4 Å². The highest BCUT2D eigenvalue weighted by atomic mass is 32.2. The first kappa shape index (κ1) is 24.8. The molecular formula is C25H38N2O4S. The third-order valence-electron chi connectivity index (χ3n) is 7.11. The van der Waals surface area contributed by atoms with E-state index in [0.29, 0.717) is 36.6 Å². The minimum atomic E-state index is -3.60. The van der Waals surface area contributed by atoms with Crippen LogP contribution in [0, 0.1) is 23.7 Å². The van der Waals surface area contributed by atoms with Crippen LogP contribution in [-0.4, -0.2) is 34.0 Å². The van der Waals surface area contributed by atoms with Gasteiger partial charge in [0.1, 0.15) is 5.75 Å². The summed E-state index contributed by atoms with van der Waals surface area (Å²) in [5.74, 6) is 1.82. The van der Waals surface area contributed by atoms with Gasteiger partial charge in [-0.3, -0.25) is 4.79 Å². The number of hydrogen-bond donors (Lipinski definition) is 2. The Balaban J connectivity index is 1.64. The lowest BCUT2D eigenvalue weighted by Crippen LogP contribution is -2.38. The molecule has 32 heavy (non-hydrogen) atoms. The van der Waals surface area contributed by atoms with Crippen molar-refractivity contribution in [2.75, 3.05) is 13.7 Å². The first-order valence-corrected chi connectivity index (χ1v) is 13.3. The molecule has 0 radical (unpaired) electrons. The Hall–Kier alpha value is -1.86. The monoisotopic (exact) mass is 462 g/mol. The van der Waals surface area contributed by atoms with Crippen LogP contribution in [0.25, 0.3) is 0 Å². The van der Waals surface area contributed by atoms with Crippen LogP contribution in [0.2, 0.25) is 0 Å². The standard InChI is InChI=1S/C25H38N2O4S/c1-17(2)24-14-19(15-25(28)27-21-7-5-6-8-21)18(3)13-20(24)16-26-32(29,30)23-11-9-22(31-4)10-12-23/h9-13,17,19-21,24,26H,5-8,14-16H2,1-4H3,(H,27,28). The van der Waals surface area contributed by atoms with Gasteiger partial charge in [0.15, 0.2) is 0 Å². The second-order valence-electron chi connectivity index (χ2n) is 9.70. The van der Waals surface area contributed by atoms with Gasteiger partial charge in [0.05, 0.1) is 12.0 Å². The Morgan fingerprint density at radius 2 is 1.81 bits per heavy atom. The van der Waals surface area contributed by atoms with E-state index in [0.717, 1.165) is 19.3 Å². The van der Waals surface area contributed by atoms with Crippen LogP contribution in [0.15, 0.2) is 40.8 Å². The van der Waals surface area contributed by atoms with E-state index in [1.165, 1.54) is 18.4 Å². The van der Waals surface area contributed by atoms with Gasteiger partial charge in [-0.25, -0.2) is 13.1 Å². The van der Waals surface area contributed by atoms with Crippen LogP contribution in [0.4, 0.5) is 0 Å². The van der Waals surface area contributed by atoms with Crippen molar-refractivity contribution < 1.29 is 17.9 Å². The molecule has 0 aromatic heterocycles. The Labute approximate surface area is 193 Å². The Kier molecular flexibility index (Phi) is 8.39. The van der Waals surface area contributed by atoms with Gasteiger partial charge >= 0.3 is 0 Å². The topological polar surface area (TPSA) is 84.5 Å². The first-order valence-electron chi connectivity index (χ1n) is 11.8. The van der Waals surface area contributed by atoms with E-state index < -0.39 is 10.0 Å². The minimum Gasteiger partial charge on any atom is -0.497 e.